The Balaban J connectivity index is 1.78. The first-order valence-corrected chi connectivity index (χ1v) is 9.92. The van der Waals surface area contributed by atoms with Crippen LogP contribution in [0.1, 0.15) is 38.2 Å². The van der Waals surface area contributed by atoms with Crippen LogP contribution >= 0.6 is 11.6 Å². The summed E-state index contributed by atoms with van der Waals surface area (Å²) in [5.74, 6) is 1.69. The van der Waals surface area contributed by atoms with E-state index in [2.05, 4.69) is 30.5 Å². The molecule has 1 aliphatic rings. The van der Waals surface area contributed by atoms with Crippen molar-refractivity contribution in [1.82, 2.24) is 15.0 Å². The van der Waals surface area contributed by atoms with Crippen molar-refractivity contribution < 1.29 is 5.11 Å². The zero-order chi connectivity index (χ0) is 19.1. The number of nitrogens with zero attached hydrogens (tertiary/aromatic N) is 4. The van der Waals surface area contributed by atoms with Crippen LogP contribution in [0, 0.1) is 0 Å². The van der Waals surface area contributed by atoms with Gasteiger partial charge in [0.25, 0.3) is 0 Å². The molecule has 0 aliphatic carbocycles. The van der Waals surface area contributed by atoms with E-state index in [0.717, 1.165) is 37.9 Å². The second-order valence-electron chi connectivity index (χ2n) is 6.74. The zero-order valence-electron chi connectivity index (χ0n) is 15.7. The Labute approximate surface area is 165 Å². The third kappa shape index (κ3) is 5.68. The Bertz CT molecular complexity index is 717. The number of aliphatic hydroxyl groups is 1. The molecule has 146 valence electrons. The molecular formula is C19H27ClN6O. The van der Waals surface area contributed by atoms with E-state index in [1.165, 1.54) is 6.42 Å². The molecule has 2 heterocycles. The molecule has 1 aromatic carbocycles. The molecule has 27 heavy (non-hydrogen) atoms. The third-order valence-electron chi connectivity index (χ3n) is 4.67. The van der Waals surface area contributed by atoms with E-state index in [1.54, 1.807) is 0 Å². The second kappa shape index (κ2) is 9.71. The lowest BCUT2D eigenvalue weighted by atomic mass is 10.1. The van der Waals surface area contributed by atoms with E-state index in [9.17, 15) is 5.11 Å². The molecule has 2 aromatic rings. The van der Waals surface area contributed by atoms with Gasteiger partial charge >= 0.3 is 0 Å². The molecule has 1 aliphatic heterocycles. The average molecular weight is 391 g/mol. The zero-order valence-corrected chi connectivity index (χ0v) is 16.4. The molecule has 7 nitrogen and oxygen atoms in total. The van der Waals surface area contributed by atoms with Gasteiger partial charge in [-0.05, 0) is 43.4 Å². The van der Waals surface area contributed by atoms with Crippen LogP contribution in [0.4, 0.5) is 17.8 Å². The first-order valence-electron chi connectivity index (χ1n) is 9.54. The van der Waals surface area contributed by atoms with Gasteiger partial charge in [0.15, 0.2) is 0 Å². The quantitative estimate of drug-likeness (QED) is 0.637. The molecule has 0 spiro atoms. The van der Waals surface area contributed by atoms with Gasteiger partial charge in [0.2, 0.25) is 17.8 Å². The van der Waals surface area contributed by atoms with Crippen LogP contribution in [0.25, 0.3) is 0 Å². The number of hydrogen-bond donors (Lipinski definition) is 3. The SMILES string of the molecule is CC[C@H](CO)Nc1nc(NCc2ccc(Cl)cc2)nc(N2CCCCC2)n1. The van der Waals surface area contributed by atoms with Crippen molar-refractivity contribution in [2.75, 3.05) is 35.2 Å². The number of rotatable bonds is 8. The number of aliphatic hydroxyl groups excluding tert-OH is 1. The first-order chi connectivity index (χ1) is 13.2. The molecule has 1 aromatic heterocycles. The van der Waals surface area contributed by atoms with Crippen LogP contribution in [0.5, 0.6) is 0 Å². The molecule has 8 heteroatoms. The molecule has 1 saturated heterocycles. The van der Waals surface area contributed by atoms with Crippen molar-refractivity contribution in [1.29, 1.82) is 0 Å². The van der Waals surface area contributed by atoms with Crippen molar-refractivity contribution in [3.63, 3.8) is 0 Å². The standard InChI is InChI=1S/C19H27ClN6O/c1-2-16(13-27)22-18-23-17(21-12-14-6-8-15(20)9-7-14)24-19(25-18)26-10-4-3-5-11-26/h6-9,16,27H,2-5,10-13H2,1H3,(H2,21,22,23,24,25)/t16-/m1/s1. The van der Waals surface area contributed by atoms with Gasteiger partial charge in [0.1, 0.15) is 0 Å². The van der Waals surface area contributed by atoms with Crippen molar-refractivity contribution in [3.8, 4) is 0 Å². The Morgan fingerprint density at radius 1 is 1.07 bits per heavy atom. The molecule has 0 amide bonds. The molecule has 1 fully saturated rings. The third-order valence-corrected chi connectivity index (χ3v) is 4.92. The van der Waals surface area contributed by atoms with Gasteiger partial charge in [-0.25, -0.2) is 0 Å². The highest BCUT2D eigenvalue weighted by atomic mass is 35.5. The van der Waals surface area contributed by atoms with Gasteiger partial charge in [-0.3, -0.25) is 0 Å². The maximum atomic E-state index is 9.48. The summed E-state index contributed by atoms with van der Waals surface area (Å²) in [6.07, 6.45) is 4.33. The highest BCUT2D eigenvalue weighted by Gasteiger charge is 2.17. The van der Waals surface area contributed by atoms with Gasteiger partial charge in [-0.1, -0.05) is 30.7 Å². The predicted octanol–water partition coefficient (Wildman–Crippen LogP) is 3.31. The van der Waals surface area contributed by atoms with Crippen molar-refractivity contribution in [2.24, 2.45) is 0 Å². The minimum atomic E-state index is -0.0780. The maximum absolute atomic E-state index is 9.48. The predicted molar refractivity (Wildman–Crippen MR) is 109 cm³/mol. The van der Waals surface area contributed by atoms with Crippen molar-refractivity contribution in [3.05, 3.63) is 34.9 Å². The van der Waals surface area contributed by atoms with Crippen LogP contribution < -0.4 is 15.5 Å². The van der Waals surface area contributed by atoms with Crippen LogP contribution in [0.2, 0.25) is 5.02 Å². The van der Waals surface area contributed by atoms with E-state index in [0.29, 0.717) is 29.4 Å². The minimum absolute atomic E-state index is 0.0365. The van der Waals surface area contributed by atoms with E-state index in [1.807, 2.05) is 31.2 Å². The summed E-state index contributed by atoms with van der Waals surface area (Å²) >= 11 is 5.94. The number of anilines is 3. The number of halogens is 1. The van der Waals surface area contributed by atoms with Gasteiger partial charge in [-0.2, -0.15) is 15.0 Å². The highest BCUT2D eigenvalue weighted by Crippen LogP contribution is 2.19. The fraction of sp³-hybridized carbons (Fsp3) is 0.526. The largest absolute Gasteiger partial charge is 0.394 e. The summed E-state index contributed by atoms with van der Waals surface area (Å²) in [7, 11) is 0. The summed E-state index contributed by atoms with van der Waals surface area (Å²) < 4.78 is 0. The Morgan fingerprint density at radius 3 is 2.44 bits per heavy atom. The van der Waals surface area contributed by atoms with E-state index in [-0.39, 0.29) is 12.6 Å². The van der Waals surface area contributed by atoms with Gasteiger partial charge in [0, 0.05) is 24.7 Å². The molecule has 0 saturated carbocycles. The maximum Gasteiger partial charge on any atom is 0.231 e. The smallest absolute Gasteiger partial charge is 0.231 e. The summed E-state index contributed by atoms with van der Waals surface area (Å²) in [4.78, 5) is 15.9. The fourth-order valence-electron chi connectivity index (χ4n) is 2.99. The average Bonchev–Trinajstić information content (AvgIpc) is 2.72. The van der Waals surface area contributed by atoms with E-state index in [4.69, 9.17) is 11.6 Å². The first kappa shape index (κ1) is 19.6. The molecule has 0 unspecified atom stereocenters. The number of benzene rings is 1. The van der Waals surface area contributed by atoms with Crippen LogP contribution in [0.15, 0.2) is 24.3 Å². The minimum Gasteiger partial charge on any atom is -0.394 e. The van der Waals surface area contributed by atoms with Gasteiger partial charge in [-0.15, -0.1) is 0 Å². The van der Waals surface area contributed by atoms with Crippen molar-refractivity contribution >= 4 is 29.4 Å². The number of piperidine rings is 1. The van der Waals surface area contributed by atoms with Crippen molar-refractivity contribution in [2.45, 2.75) is 45.2 Å². The Hall–Kier alpha value is -2.12. The molecule has 0 bridgehead atoms. The molecule has 3 N–H and O–H groups in total. The summed E-state index contributed by atoms with van der Waals surface area (Å²) in [5, 5.41) is 16.7. The number of nitrogens with one attached hydrogen (secondary N) is 2. The van der Waals surface area contributed by atoms with Crippen LogP contribution in [0.3, 0.4) is 0 Å². The summed E-state index contributed by atoms with van der Waals surface area (Å²) in [6.45, 7) is 4.56. The molecule has 1 atom stereocenters. The summed E-state index contributed by atoms with van der Waals surface area (Å²) in [5.41, 5.74) is 1.09. The monoisotopic (exact) mass is 390 g/mol. The van der Waals surface area contributed by atoms with Crippen LogP contribution in [-0.2, 0) is 6.54 Å². The lowest BCUT2D eigenvalue weighted by Gasteiger charge is -2.27. The lowest BCUT2D eigenvalue weighted by Crippen LogP contribution is -2.32. The lowest BCUT2D eigenvalue weighted by molar-refractivity contribution is 0.271. The van der Waals surface area contributed by atoms with Crippen LogP contribution in [-0.4, -0.2) is 45.8 Å². The topological polar surface area (TPSA) is 86.2 Å². The Morgan fingerprint density at radius 2 is 1.78 bits per heavy atom. The summed E-state index contributed by atoms with van der Waals surface area (Å²) in [6, 6.07) is 7.60. The number of hydrogen-bond acceptors (Lipinski definition) is 7. The Kier molecular flexibility index (Phi) is 7.06. The second-order valence-corrected chi connectivity index (χ2v) is 7.18. The molecular weight excluding hydrogens is 364 g/mol. The highest BCUT2D eigenvalue weighted by molar-refractivity contribution is 6.30. The van der Waals surface area contributed by atoms with Gasteiger partial charge in [0.05, 0.1) is 12.6 Å². The molecule has 3 rings (SSSR count). The number of aromatic nitrogens is 3. The fourth-order valence-corrected chi connectivity index (χ4v) is 3.11. The van der Waals surface area contributed by atoms with E-state index >= 15 is 0 Å². The van der Waals surface area contributed by atoms with E-state index < -0.39 is 0 Å². The molecule has 0 radical (unpaired) electrons. The van der Waals surface area contributed by atoms with Gasteiger partial charge < -0.3 is 20.6 Å². The normalized spacial score (nSPS) is 15.4.